The number of hydrogen-bond acceptors (Lipinski definition) is 2. The standard InChI is InChI=1S/C21H44O2Si/c1-5-8-10-12-14-17-19(16-7-3)21(4,20(22)23-24)18-15-13-11-9-6-2/h19H,5-18H2,1-4,24H3. The molecule has 0 fully saturated rings. The first-order valence-corrected chi connectivity index (χ1v) is 11.5. The van der Waals surface area contributed by atoms with Gasteiger partial charge in [-0.2, -0.15) is 0 Å². The Morgan fingerprint density at radius 2 is 1.38 bits per heavy atom. The molecule has 0 aliphatic heterocycles. The fourth-order valence-corrected chi connectivity index (χ4v) is 4.39. The quantitative estimate of drug-likeness (QED) is 0.252. The van der Waals surface area contributed by atoms with Crippen molar-refractivity contribution in [3.63, 3.8) is 0 Å². The van der Waals surface area contributed by atoms with Crippen molar-refractivity contribution in [1.29, 1.82) is 0 Å². The molecule has 0 heterocycles. The van der Waals surface area contributed by atoms with Gasteiger partial charge in [-0.05, 0) is 32.1 Å². The molecule has 0 bridgehead atoms. The Morgan fingerprint density at radius 1 is 0.833 bits per heavy atom. The molecular weight excluding hydrogens is 312 g/mol. The highest BCUT2D eigenvalue weighted by atomic mass is 28.2. The van der Waals surface area contributed by atoms with Crippen molar-refractivity contribution in [2.24, 2.45) is 11.3 Å². The summed E-state index contributed by atoms with van der Waals surface area (Å²) in [4.78, 5) is 12.6. The van der Waals surface area contributed by atoms with Gasteiger partial charge in [-0.25, -0.2) is 0 Å². The van der Waals surface area contributed by atoms with E-state index in [0.29, 0.717) is 16.4 Å². The molecule has 0 aromatic heterocycles. The number of carbonyl (C=O) groups is 1. The molecule has 144 valence electrons. The monoisotopic (exact) mass is 356 g/mol. The molecule has 0 spiro atoms. The lowest BCUT2D eigenvalue weighted by atomic mass is 9.69. The zero-order valence-electron chi connectivity index (χ0n) is 17.3. The lowest BCUT2D eigenvalue weighted by molar-refractivity contribution is -0.149. The molecule has 2 nitrogen and oxygen atoms in total. The molecule has 0 aromatic rings. The van der Waals surface area contributed by atoms with E-state index in [-0.39, 0.29) is 11.4 Å². The minimum atomic E-state index is -0.255. The van der Waals surface area contributed by atoms with Crippen molar-refractivity contribution in [1.82, 2.24) is 0 Å². The third-order valence-electron chi connectivity index (χ3n) is 5.65. The topological polar surface area (TPSA) is 26.3 Å². The van der Waals surface area contributed by atoms with E-state index in [2.05, 4.69) is 27.7 Å². The largest absolute Gasteiger partial charge is 0.528 e. The minimum absolute atomic E-state index is 0.0802. The average Bonchev–Trinajstić information content (AvgIpc) is 2.59. The van der Waals surface area contributed by atoms with Crippen LogP contribution in [-0.4, -0.2) is 16.5 Å². The van der Waals surface area contributed by atoms with Crippen LogP contribution in [0.5, 0.6) is 0 Å². The maximum atomic E-state index is 12.6. The zero-order chi connectivity index (χ0) is 18.3. The highest BCUT2D eigenvalue weighted by Gasteiger charge is 2.40. The molecular formula is C21H44O2Si. The first-order chi connectivity index (χ1) is 11.6. The Kier molecular flexibility index (Phi) is 14.8. The lowest BCUT2D eigenvalue weighted by Crippen LogP contribution is -2.37. The van der Waals surface area contributed by atoms with Gasteiger partial charge in [-0.3, -0.25) is 4.79 Å². The molecule has 0 N–H and O–H groups in total. The fourth-order valence-electron chi connectivity index (χ4n) is 3.93. The van der Waals surface area contributed by atoms with Crippen molar-refractivity contribution in [2.45, 2.75) is 118 Å². The highest BCUT2D eigenvalue weighted by molar-refractivity contribution is 6.06. The molecule has 0 rings (SSSR count). The van der Waals surface area contributed by atoms with E-state index in [9.17, 15) is 4.79 Å². The van der Waals surface area contributed by atoms with E-state index in [1.54, 1.807) is 0 Å². The van der Waals surface area contributed by atoms with Crippen LogP contribution in [0.1, 0.15) is 118 Å². The smallest absolute Gasteiger partial charge is 0.298 e. The first kappa shape index (κ1) is 23.7. The summed E-state index contributed by atoms with van der Waals surface area (Å²) in [7, 11) is 0.521. The molecule has 0 amide bonds. The van der Waals surface area contributed by atoms with Crippen LogP contribution < -0.4 is 0 Å². The summed E-state index contributed by atoms with van der Waals surface area (Å²) in [6, 6.07) is 0. The maximum absolute atomic E-state index is 12.6. The van der Waals surface area contributed by atoms with Crippen LogP contribution in [0.15, 0.2) is 0 Å². The van der Waals surface area contributed by atoms with E-state index in [1.165, 1.54) is 77.0 Å². The van der Waals surface area contributed by atoms with Gasteiger partial charge in [-0.15, -0.1) is 0 Å². The summed E-state index contributed by atoms with van der Waals surface area (Å²) in [6.45, 7) is 8.95. The van der Waals surface area contributed by atoms with Gasteiger partial charge in [0, 0.05) is 0 Å². The molecule has 0 saturated heterocycles. The minimum Gasteiger partial charge on any atom is -0.528 e. The Balaban J connectivity index is 4.66. The molecule has 0 aromatic carbocycles. The van der Waals surface area contributed by atoms with Crippen LogP contribution in [0.3, 0.4) is 0 Å². The van der Waals surface area contributed by atoms with Crippen LogP contribution in [0, 0.1) is 11.3 Å². The Labute approximate surface area is 155 Å². The molecule has 0 saturated carbocycles. The molecule has 0 radical (unpaired) electrons. The lowest BCUT2D eigenvalue weighted by Gasteiger charge is -2.36. The van der Waals surface area contributed by atoms with E-state index >= 15 is 0 Å². The number of unbranched alkanes of at least 4 members (excludes halogenated alkanes) is 8. The summed E-state index contributed by atoms with van der Waals surface area (Å²) in [5.74, 6) is 0.577. The van der Waals surface area contributed by atoms with Crippen LogP contribution in [0.4, 0.5) is 0 Å². The summed E-state index contributed by atoms with van der Waals surface area (Å²) in [6.07, 6.45) is 17.4. The van der Waals surface area contributed by atoms with Gasteiger partial charge in [0.15, 0.2) is 0 Å². The third-order valence-corrected chi connectivity index (χ3v) is 6.02. The van der Waals surface area contributed by atoms with E-state index in [0.717, 1.165) is 12.8 Å². The van der Waals surface area contributed by atoms with Gasteiger partial charge < -0.3 is 4.43 Å². The summed E-state index contributed by atoms with van der Waals surface area (Å²) in [5, 5.41) is 0. The maximum Gasteiger partial charge on any atom is 0.298 e. The van der Waals surface area contributed by atoms with Crippen LogP contribution in [0.2, 0.25) is 0 Å². The van der Waals surface area contributed by atoms with Crippen LogP contribution in [-0.2, 0) is 9.22 Å². The average molecular weight is 357 g/mol. The third kappa shape index (κ3) is 9.24. The number of carbonyl (C=O) groups excluding carboxylic acids is 1. The van der Waals surface area contributed by atoms with Crippen molar-refractivity contribution in [2.75, 3.05) is 0 Å². The summed E-state index contributed by atoms with van der Waals surface area (Å²) >= 11 is 0. The van der Waals surface area contributed by atoms with E-state index < -0.39 is 0 Å². The molecule has 0 aliphatic carbocycles. The van der Waals surface area contributed by atoms with Crippen molar-refractivity contribution >= 4 is 16.5 Å². The second kappa shape index (κ2) is 15.0. The molecule has 3 heteroatoms. The van der Waals surface area contributed by atoms with Gasteiger partial charge in [0.05, 0.1) is 5.41 Å². The van der Waals surface area contributed by atoms with Crippen LogP contribution >= 0.6 is 0 Å². The van der Waals surface area contributed by atoms with Gasteiger partial charge in [0.1, 0.15) is 0 Å². The molecule has 24 heavy (non-hydrogen) atoms. The predicted octanol–water partition coefficient (Wildman–Crippen LogP) is 5.95. The molecule has 2 atom stereocenters. The number of rotatable bonds is 16. The fraction of sp³-hybridized carbons (Fsp3) is 0.952. The summed E-state index contributed by atoms with van der Waals surface area (Å²) in [5.41, 5.74) is -0.255. The second-order valence-corrected chi connectivity index (χ2v) is 8.17. The van der Waals surface area contributed by atoms with Gasteiger partial charge in [0.2, 0.25) is 10.5 Å². The Bertz CT molecular complexity index is 306. The van der Waals surface area contributed by atoms with Crippen molar-refractivity contribution < 1.29 is 9.22 Å². The van der Waals surface area contributed by atoms with Gasteiger partial charge >= 0.3 is 0 Å². The molecule has 0 aliphatic rings. The SMILES string of the molecule is CCCCCCCC(CCC)C(C)(CCCCCCC)C(=O)O[SiH3]. The Hall–Kier alpha value is -0.313. The van der Waals surface area contributed by atoms with Crippen LogP contribution in [0.25, 0.3) is 0 Å². The van der Waals surface area contributed by atoms with Gasteiger partial charge in [0.25, 0.3) is 5.97 Å². The normalized spacial score (nSPS) is 15.2. The first-order valence-electron chi connectivity index (χ1n) is 10.6. The highest BCUT2D eigenvalue weighted by Crippen LogP contribution is 2.40. The zero-order valence-corrected chi connectivity index (χ0v) is 19.3. The predicted molar refractivity (Wildman–Crippen MR) is 109 cm³/mol. The second-order valence-electron chi connectivity index (χ2n) is 7.76. The van der Waals surface area contributed by atoms with E-state index in [1.807, 2.05) is 0 Å². The van der Waals surface area contributed by atoms with Crippen molar-refractivity contribution in [3.05, 3.63) is 0 Å². The molecule has 2 unspecified atom stereocenters. The number of hydrogen-bond donors (Lipinski definition) is 0. The Morgan fingerprint density at radius 3 is 1.88 bits per heavy atom. The van der Waals surface area contributed by atoms with E-state index in [4.69, 9.17) is 4.43 Å². The summed E-state index contributed by atoms with van der Waals surface area (Å²) < 4.78 is 5.37. The van der Waals surface area contributed by atoms with Crippen molar-refractivity contribution in [3.8, 4) is 0 Å². The van der Waals surface area contributed by atoms with Gasteiger partial charge in [-0.1, -0.05) is 91.4 Å².